The highest BCUT2D eigenvalue weighted by atomic mass is 32.2. The van der Waals surface area contributed by atoms with Crippen LogP contribution in [0.2, 0.25) is 0 Å². The van der Waals surface area contributed by atoms with Crippen LogP contribution < -0.4 is 4.74 Å². The first-order valence-electron chi connectivity index (χ1n) is 5.98. The standard InChI is InChI=1S/C14H16N2O3S/c1-8-5-12(19-3)9(6-13(8)20-4)11-7-10(14(17)18)15-16(11)2/h5-7H,1-4H3,(H,17,18). The van der Waals surface area contributed by atoms with E-state index in [9.17, 15) is 4.79 Å². The first-order valence-corrected chi connectivity index (χ1v) is 7.20. The lowest BCUT2D eigenvalue weighted by atomic mass is 10.1. The third-order valence-corrected chi connectivity index (χ3v) is 3.97. The second kappa shape index (κ2) is 5.58. The van der Waals surface area contributed by atoms with Gasteiger partial charge in [0.2, 0.25) is 0 Å². The molecular weight excluding hydrogens is 276 g/mol. The Morgan fingerprint density at radius 3 is 2.60 bits per heavy atom. The van der Waals surface area contributed by atoms with Gasteiger partial charge in [-0.15, -0.1) is 11.8 Å². The number of methoxy groups -OCH3 is 1. The smallest absolute Gasteiger partial charge is 0.356 e. The lowest BCUT2D eigenvalue weighted by molar-refractivity contribution is 0.0689. The second-order valence-corrected chi connectivity index (χ2v) is 5.21. The molecule has 2 aromatic rings. The van der Waals surface area contributed by atoms with E-state index in [2.05, 4.69) is 5.10 Å². The number of aromatic carboxylic acids is 1. The van der Waals surface area contributed by atoms with Crippen LogP contribution in [0.1, 0.15) is 16.1 Å². The van der Waals surface area contributed by atoms with Crippen LogP contribution in [0.25, 0.3) is 11.3 Å². The van der Waals surface area contributed by atoms with E-state index in [1.54, 1.807) is 36.7 Å². The minimum absolute atomic E-state index is 0.0239. The van der Waals surface area contributed by atoms with Crippen molar-refractivity contribution in [3.05, 3.63) is 29.5 Å². The highest BCUT2D eigenvalue weighted by Crippen LogP contribution is 2.35. The van der Waals surface area contributed by atoms with Crippen LogP contribution in [0.4, 0.5) is 0 Å². The van der Waals surface area contributed by atoms with Crippen molar-refractivity contribution in [2.24, 2.45) is 7.05 Å². The predicted octanol–water partition coefficient (Wildman–Crippen LogP) is 2.82. The third-order valence-electron chi connectivity index (χ3n) is 3.09. The van der Waals surface area contributed by atoms with Gasteiger partial charge in [-0.05, 0) is 36.9 Å². The van der Waals surface area contributed by atoms with Crippen LogP contribution in [0.3, 0.4) is 0 Å². The molecule has 0 aliphatic carbocycles. The number of rotatable bonds is 4. The second-order valence-electron chi connectivity index (χ2n) is 4.37. The Balaban J connectivity index is 2.64. The molecule has 0 amide bonds. The SMILES string of the molecule is COc1cc(C)c(SC)cc1-c1cc(C(=O)O)nn1C. The van der Waals surface area contributed by atoms with Crippen molar-refractivity contribution in [1.29, 1.82) is 0 Å². The number of hydrogen-bond acceptors (Lipinski definition) is 4. The van der Waals surface area contributed by atoms with Gasteiger partial charge in [0.25, 0.3) is 0 Å². The average molecular weight is 292 g/mol. The van der Waals surface area contributed by atoms with Gasteiger partial charge in [0, 0.05) is 17.5 Å². The third kappa shape index (κ3) is 2.51. The van der Waals surface area contributed by atoms with Gasteiger partial charge in [-0.1, -0.05) is 0 Å². The fourth-order valence-electron chi connectivity index (χ4n) is 2.07. The molecule has 2 rings (SSSR count). The van der Waals surface area contributed by atoms with Gasteiger partial charge in [-0.2, -0.15) is 5.10 Å². The van der Waals surface area contributed by atoms with Gasteiger partial charge in [0.05, 0.1) is 12.8 Å². The number of nitrogens with zero attached hydrogens (tertiary/aromatic N) is 2. The molecule has 0 spiro atoms. The number of thioether (sulfide) groups is 1. The Morgan fingerprint density at radius 1 is 1.40 bits per heavy atom. The maximum Gasteiger partial charge on any atom is 0.356 e. The van der Waals surface area contributed by atoms with Crippen LogP contribution in [0, 0.1) is 6.92 Å². The number of carboxylic acids is 1. The molecule has 0 unspecified atom stereocenters. The monoisotopic (exact) mass is 292 g/mol. The largest absolute Gasteiger partial charge is 0.496 e. The molecule has 1 heterocycles. The summed E-state index contributed by atoms with van der Waals surface area (Å²) in [6.45, 7) is 2.02. The van der Waals surface area contributed by atoms with Crippen LogP contribution in [-0.4, -0.2) is 34.2 Å². The Labute approximate surface area is 121 Å². The number of aromatic nitrogens is 2. The summed E-state index contributed by atoms with van der Waals surface area (Å²) in [6.07, 6.45) is 2.00. The molecule has 5 nitrogen and oxygen atoms in total. The summed E-state index contributed by atoms with van der Waals surface area (Å²) in [7, 11) is 3.32. The van der Waals surface area contributed by atoms with E-state index in [0.29, 0.717) is 5.75 Å². The summed E-state index contributed by atoms with van der Waals surface area (Å²) in [5, 5.41) is 13.0. The van der Waals surface area contributed by atoms with E-state index < -0.39 is 5.97 Å². The molecule has 0 saturated carbocycles. The summed E-state index contributed by atoms with van der Waals surface area (Å²) >= 11 is 1.64. The molecular formula is C14H16N2O3S. The van der Waals surface area contributed by atoms with Crippen molar-refractivity contribution < 1.29 is 14.6 Å². The van der Waals surface area contributed by atoms with Crippen molar-refractivity contribution in [3.63, 3.8) is 0 Å². The summed E-state index contributed by atoms with van der Waals surface area (Å²) in [4.78, 5) is 12.1. The number of aryl methyl sites for hydroxylation is 2. The van der Waals surface area contributed by atoms with Crippen molar-refractivity contribution >= 4 is 17.7 Å². The van der Waals surface area contributed by atoms with Crippen molar-refractivity contribution in [1.82, 2.24) is 9.78 Å². The lowest BCUT2D eigenvalue weighted by Crippen LogP contribution is -2.00. The van der Waals surface area contributed by atoms with E-state index >= 15 is 0 Å². The number of benzene rings is 1. The maximum absolute atomic E-state index is 11.0. The number of carboxylic acid groups (broad SMARTS) is 1. The average Bonchev–Trinajstić information content (AvgIpc) is 2.80. The van der Waals surface area contributed by atoms with Crippen molar-refractivity contribution in [2.75, 3.05) is 13.4 Å². The lowest BCUT2D eigenvalue weighted by Gasteiger charge is -2.12. The van der Waals surface area contributed by atoms with Crippen LogP contribution >= 0.6 is 11.8 Å². The molecule has 0 fully saturated rings. The minimum Gasteiger partial charge on any atom is -0.496 e. The van der Waals surface area contributed by atoms with E-state index in [0.717, 1.165) is 21.7 Å². The highest BCUT2D eigenvalue weighted by molar-refractivity contribution is 7.98. The molecule has 20 heavy (non-hydrogen) atoms. The predicted molar refractivity (Wildman–Crippen MR) is 78.7 cm³/mol. The van der Waals surface area contributed by atoms with Gasteiger partial charge in [-0.25, -0.2) is 4.79 Å². The number of hydrogen-bond donors (Lipinski definition) is 1. The van der Waals surface area contributed by atoms with Gasteiger partial charge >= 0.3 is 5.97 Å². The first kappa shape index (κ1) is 14.5. The molecule has 0 radical (unpaired) electrons. The molecule has 0 bridgehead atoms. The van der Waals surface area contributed by atoms with Crippen LogP contribution in [-0.2, 0) is 7.05 Å². The molecule has 1 N–H and O–H groups in total. The zero-order chi connectivity index (χ0) is 14.9. The minimum atomic E-state index is -1.04. The zero-order valence-corrected chi connectivity index (χ0v) is 12.6. The first-order chi connectivity index (χ1) is 9.47. The highest BCUT2D eigenvalue weighted by Gasteiger charge is 2.17. The van der Waals surface area contributed by atoms with E-state index in [-0.39, 0.29) is 5.69 Å². The van der Waals surface area contributed by atoms with Gasteiger partial charge in [0.1, 0.15) is 5.75 Å². The topological polar surface area (TPSA) is 64.3 Å². The Morgan fingerprint density at radius 2 is 2.10 bits per heavy atom. The summed E-state index contributed by atoms with van der Waals surface area (Å²) in [5.74, 6) is -0.330. The normalized spacial score (nSPS) is 10.6. The Bertz CT molecular complexity index is 665. The molecule has 106 valence electrons. The molecule has 0 aliphatic rings. The fourth-order valence-corrected chi connectivity index (χ4v) is 2.69. The molecule has 1 aromatic carbocycles. The van der Waals surface area contributed by atoms with Crippen LogP contribution in [0.15, 0.2) is 23.1 Å². The summed E-state index contributed by atoms with van der Waals surface area (Å²) in [5.41, 5.74) is 2.70. The molecule has 1 aromatic heterocycles. The molecule has 0 saturated heterocycles. The van der Waals surface area contributed by atoms with E-state index in [1.807, 2.05) is 25.3 Å². The molecule has 0 aliphatic heterocycles. The van der Waals surface area contributed by atoms with Gasteiger partial charge in [0.15, 0.2) is 5.69 Å². The Kier molecular flexibility index (Phi) is 4.04. The van der Waals surface area contributed by atoms with E-state index in [1.165, 1.54) is 0 Å². The summed E-state index contributed by atoms with van der Waals surface area (Å²) in [6, 6.07) is 5.51. The Hall–Kier alpha value is -1.95. The number of carbonyl (C=O) groups is 1. The van der Waals surface area contributed by atoms with E-state index in [4.69, 9.17) is 9.84 Å². The number of ether oxygens (including phenoxy) is 1. The van der Waals surface area contributed by atoms with Crippen LogP contribution in [0.5, 0.6) is 5.75 Å². The fraction of sp³-hybridized carbons (Fsp3) is 0.286. The zero-order valence-electron chi connectivity index (χ0n) is 11.8. The van der Waals surface area contributed by atoms with Crippen molar-refractivity contribution in [3.8, 4) is 17.0 Å². The molecule has 6 heteroatoms. The quantitative estimate of drug-likeness (QED) is 0.878. The van der Waals surface area contributed by atoms with Gasteiger partial charge in [-0.3, -0.25) is 4.68 Å². The molecule has 0 atom stereocenters. The summed E-state index contributed by atoms with van der Waals surface area (Å²) < 4.78 is 6.96. The van der Waals surface area contributed by atoms with Gasteiger partial charge < -0.3 is 9.84 Å². The maximum atomic E-state index is 11.0. The van der Waals surface area contributed by atoms with Crippen molar-refractivity contribution in [2.45, 2.75) is 11.8 Å².